The number of amides is 1. The molecule has 0 spiro atoms. The third-order valence-electron chi connectivity index (χ3n) is 4.11. The Kier molecular flexibility index (Phi) is 3.50. The maximum absolute atomic E-state index is 11.8. The van der Waals surface area contributed by atoms with Crippen LogP contribution in [0.3, 0.4) is 0 Å². The molecule has 0 unspecified atom stereocenters. The van der Waals surface area contributed by atoms with Crippen LogP contribution in [0.2, 0.25) is 5.02 Å². The minimum absolute atomic E-state index is 0.0922. The summed E-state index contributed by atoms with van der Waals surface area (Å²) in [5.74, 6) is 0.0922. The standard InChI is InChI=1S/C15H19ClN2O/c1-10(19)18-8-2-3-12-9-11-4-6-17-7-5-13(11)14(16)15(12)18/h9,17H,2-8H2,1H3. The molecule has 0 saturated carbocycles. The molecule has 4 heteroatoms. The number of carbonyl (C=O) groups excluding carboxylic acids is 1. The highest BCUT2D eigenvalue weighted by Crippen LogP contribution is 2.39. The van der Waals surface area contributed by atoms with Gasteiger partial charge in [0.15, 0.2) is 0 Å². The monoisotopic (exact) mass is 278 g/mol. The van der Waals surface area contributed by atoms with Gasteiger partial charge in [0.25, 0.3) is 0 Å². The first-order valence-corrected chi connectivity index (χ1v) is 7.38. The van der Waals surface area contributed by atoms with Gasteiger partial charge >= 0.3 is 0 Å². The van der Waals surface area contributed by atoms with E-state index in [9.17, 15) is 4.79 Å². The van der Waals surface area contributed by atoms with Gasteiger partial charge in [0.2, 0.25) is 5.91 Å². The average molecular weight is 279 g/mol. The molecule has 2 aliphatic rings. The van der Waals surface area contributed by atoms with Gasteiger partial charge in [-0.15, -0.1) is 0 Å². The number of anilines is 1. The van der Waals surface area contributed by atoms with E-state index in [4.69, 9.17) is 11.6 Å². The molecule has 0 bridgehead atoms. The number of carbonyl (C=O) groups is 1. The van der Waals surface area contributed by atoms with Crippen molar-refractivity contribution in [2.75, 3.05) is 24.5 Å². The Morgan fingerprint density at radius 2 is 2.05 bits per heavy atom. The Bertz CT molecular complexity index is 527. The van der Waals surface area contributed by atoms with E-state index in [0.717, 1.165) is 56.0 Å². The fourth-order valence-corrected chi connectivity index (χ4v) is 3.62. The maximum Gasteiger partial charge on any atom is 0.223 e. The van der Waals surface area contributed by atoms with Gasteiger partial charge in [0.05, 0.1) is 10.7 Å². The number of rotatable bonds is 0. The fourth-order valence-electron chi connectivity index (χ4n) is 3.18. The van der Waals surface area contributed by atoms with Gasteiger partial charge in [0, 0.05) is 13.5 Å². The lowest BCUT2D eigenvalue weighted by atomic mass is 9.93. The van der Waals surface area contributed by atoms with Crippen molar-refractivity contribution in [2.24, 2.45) is 0 Å². The summed E-state index contributed by atoms with van der Waals surface area (Å²) in [6.45, 7) is 4.39. The number of aryl methyl sites for hydroxylation is 1. The normalized spacial score (nSPS) is 18.5. The second-order valence-corrected chi connectivity index (χ2v) is 5.74. The number of nitrogens with one attached hydrogen (secondary N) is 1. The van der Waals surface area contributed by atoms with E-state index in [1.807, 2.05) is 4.90 Å². The van der Waals surface area contributed by atoms with E-state index >= 15 is 0 Å². The number of hydrogen-bond acceptors (Lipinski definition) is 2. The molecular weight excluding hydrogens is 260 g/mol. The lowest BCUT2D eigenvalue weighted by molar-refractivity contribution is -0.116. The predicted molar refractivity (Wildman–Crippen MR) is 78.1 cm³/mol. The SMILES string of the molecule is CC(=O)N1CCCc2cc3c(c(Cl)c21)CCNCC3. The molecule has 0 fully saturated rings. The summed E-state index contributed by atoms with van der Waals surface area (Å²) in [5, 5.41) is 4.22. The van der Waals surface area contributed by atoms with Crippen LogP contribution in [0.1, 0.15) is 30.0 Å². The van der Waals surface area contributed by atoms with Gasteiger partial charge in [-0.1, -0.05) is 17.7 Å². The van der Waals surface area contributed by atoms with E-state index in [-0.39, 0.29) is 5.91 Å². The van der Waals surface area contributed by atoms with Gasteiger partial charge in [-0.25, -0.2) is 0 Å². The first kappa shape index (κ1) is 12.9. The molecule has 102 valence electrons. The molecule has 19 heavy (non-hydrogen) atoms. The second kappa shape index (κ2) is 5.14. The van der Waals surface area contributed by atoms with Crippen LogP contribution < -0.4 is 10.2 Å². The van der Waals surface area contributed by atoms with Crippen LogP contribution >= 0.6 is 11.6 Å². The zero-order valence-corrected chi connectivity index (χ0v) is 12.0. The number of fused-ring (bicyclic) bond motifs is 2. The van der Waals surface area contributed by atoms with Crippen molar-refractivity contribution in [2.45, 2.75) is 32.6 Å². The molecule has 1 aromatic rings. The lowest BCUT2D eigenvalue weighted by Gasteiger charge is -2.31. The van der Waals surface area contributed by atoms with Gasteiger partial charge in [-0.05, 0) is 55.5 Å². The van der Waals surface area contributed by atoms with Gasteiger partial charge in [0.1, 0.15) is 0 Å². The third kappa shape index (κ3) is 2.26. The zero-order valence-electron chi connectivity index (χ0n) is 11.3. The Morgan fingerprint density at radius 1 is 1.26 bits per heavy atom. The molecule has 3 nitrogen and oxygen atoms in total. The van der Waals surface area contributed by atoms with E-state index in [1.165, 1.54) is 16.7 Å². The van der Waals surface area contributed by atoms with Gasteiger partial charge in [-0.2, -0.15) is 0 Å². The summed E-state index contributed by atoms with van der Waals surface area (Å²) in [6.07, 6.45) is 4.04. The van der Waals surface area contributed by atoms with Crippen LogP contribution in [-0.4, -0.2) is 25.5 Å². The van der Waals surface area contributed by atoms with E-state index < -0.39 is 0 Å². The van der Waals surface area contributed by atoms with Crippen molar-refractivity contribution in [3.8, 4) is 0 Å². The summed E-state index contributed by atoms with van der Waals surface area (Å²) in [6, 6.07) is 2.28. The van der Waals surface area contributed by atoms with Crippen molar-refractivity contribution in [3.05, 3.63) is 27.8 Å². The van der Waals surface area contributed by atoms with Crippen LogP contribution in [0.5, 0.6) is 0 Å². The first-order valence-electron chi connectivity index (χ1n) is 7.00. The summed E-state index contributed by atoms with van der Waals surface area (Å²) in [4.78, 5) is 13.7. The minimum Gasteiger partial charge on any atom is -0.316 e. The van der Waals surface area contributed by atoms with Crippen LogP contribution in [0.15, 0.2) is 6.07 Å². The van der Waals surface area contributed by atoms with Crippen molar-refractivity contribution < 1.29 is 4.79 Å². The van der Waals surface area contributed by atoms with Crippen LogP contribution in [0.25, 0.3) is 0 Å². The molecule has 0 saturated heterocycles. The van der Waals surface area contributed by atoms with Crippen LogP contribution in [-0.2, 0) is 24.1 Å². The topological polar surface area (TPSA) is 32.3 Å². The maximum atomic E-state index is 11.8. The van der Waals surface area contributed by atoms with E-state index in [0.29, 0.717) is 0 Å². The van der Waals surface area contributed by atoms with E-state index in [2.05, 4.69) is 11.4 Å². The molecule has 1 amide bonds. The molecule has 2 heterocycles. The summed E-state index contributed by atoms with van der Waals surface area (Å²) < 4.78 is 0. The molecule has 2 aliphatic heterocycles. The second-order valence-electron chi connectivity index (χ2n) is 5.36. The highest BCUT2D eigenvalue weighted by atomic mass is 35.5. The number of halogens is 1. The lowest BCUT2D eigenvalue weighted by Crippen LogP contribution is -2.34. The largest absolute Gasteiger partial charge is 0.316 e. The van der Waals surface area contributed by atoms with E-state index in [1.54, 1.807) is 6.92 Å². The van der Waals surface area contributed by atoms with Crippen molar-refractivity contribution >= 4 is 23.2 Å². The molecule has 1 aromatic carbocycles. The summed E-state index contributed by atoms with van der Waals surface area (Å²) >= 11 is 6.63. The van der Waals surface area contributed by atoms with Crippen molar-refractivity contribution in [1.29, 1.82) is 0 Å². The molecule has 1 N–H and O–H groups in total. The number of benzene rings is 1. The summed E-state index contributed by atoms with van der Waals surface area (Å²) in [7, 11) is 0. The molecular formula is C15H19ClN2O. The minimum atomic E-state index is 0.0922. The Labute approximate surface area is 118 Å². The molecule has 0 atom stereocenters. The first-order chi connectivity index (χ1) is 9.18. The predicted octanol–water partition coefficient (Wildman–Crippen LogP) is 2.33. The fraction of sp³-hybridized carbons (Fsp3) is 0.533. The summed E-state index contributed by atoms with van der Waals surface area (Å²) in [5.41, 5.74) is 4.81. The Hall–Kier alpha value is -1.06. The van der Waals surface area contributed by atoms with Gasteiger partial charge < -0.3 is 10.2 Å². The smallest absolute Gasteiger partial charge is 0.223 e. The third-order valence-corrected chi connectivity index (χ3v) is 4.52. The number of nitrogens with zero attached hydrogens (tertiary/aromatic N) is 1. The van der Waals surface area contributed by atoms with Gasteiger partial charge in [-0.3, -0.25) is 4.79 Å². The molecule has 3 rings (SSSR count). The molecule has 0 radical (unpaired) electrons. The average Bonchev–Trinajstić information content (AvgIpc) is 2.63. The quantitative estimate of drug-likeness (QED) is 0.790. The van der Waals surface area contributed by atoms with Crippen molar-refractivity contribution in [1.82, 2.24) is 5.32 Å². The highest BCUT2D eigenvalue weighted by Gasteiger charge is 2.26. The Morgan fingerprint density at radius 3 is 2.84 bits per heavy atom. The zero-order chi connectivity index (χ0) is 13.4. The van der Waals surface area contributed by atoms with Crippen LogP contribution in [0.4, 0.5) is 5.69 Å². The van der Waals surface area contributed by atoms with Crippen LogP contribution in [0, 0.1) is 0 Å². The Balaban J connectivity index is 2.15. The molecule has 0 aliphatic carbocycles. The highest BCUT2D eigenvalue weighted by molar-refractivity contribution is 6.35. The number of hydrogen-bond donors (Lipinski definition) is 1. The van der Waals surface area contributed by atoms with Crippen molar-refractivity contribution in [3.63, 3.8) is 0 Å². The molecule has 0 aromatic heterocycles.